The van der Waals surface area contributed by atoms with E-state index in [1.54, 1.807) is 30.7 Å². The van der Waals surface area contributed by atoms with E-state index < -0.39 is 11.9 Å². The van der Waals surface area contributed by atoms with Gasteiger partial charge in [-0.2, -0.15) is 5.10 Å². The average Bonchev–Trinajstić information content (AvgIpc) is 3.09. The Balaban J connectivity index is 2.04. The Morgan fingerprint density at radius 2 is 2.12 bits per heavy atom. The van der Waals surface area contributed by atoms with Crippen molar-refractivity contribution < 1.29 is 18.7 Å². The van der Waals surface area contributed by atoms with Crippen LogP contribution in [0.3, 0.4) is 0 Å². The molecular weight excluding hydrogens is 346 g/mol. The molecule has 7 nitrogen and oxygen atoms in total. The number of nitrogens with one attached hydrogen (secondary N) is 1. The Morgan fingerprint density at radius 1 is 1.40 bits per heavy atom. The Morgan fingerprint density at radius 3 is 2.72 bits per heavy atom. The van der Waals surface area contributed by atoms with Gasteiger partial charge in [-0.05, 0) is 39.8 Å². The van der Waals surface area contributed by atoms with E-state index in [0.717, 1.165) is 11.4 Å². The predicted octanol–water partition coefficient (Wildman–Crippen LogP) is 2.99. The fourth-order valence-corrected chi connectivity index (χ4v) is 2.33. The maximum atomic E-state index is 12.1. The lowest BCUT2D eigenvalue weighted by Crippen LogP contribution is -2.21. The zero-order valence-electron chi connectivity index (χ0n) is 14.6. The summed E-state index contributed by atoms with van der Waals surface area (Å²) in [6.45, 7) is 7.63. The standard InChI is InChI=1S/C17H20ClN3O4/c1-5-24-15(22)8-10(2)19-17(23)14-7-6-13(25-14)9-21-12(4)16(18)11(3)20-21/h6-8H,5,9H2,1-4H3,(H,19,23)/b10-8+. The number of furan rings is 1. The molecule has 0 atom stereocenters. The van der Waals surface area contributed by atoms with Gasteiger partial charge in [-0.3, -0.25) is 9.48 Å². The Kier molecular flexibility index (Phi) is 6.03. The Bertz CT molecular complexity index is 820. The number of ether oxygens (including phenoxy) is 1. The SMILES string of the molecule is CCOC(=O)/C=C(\C)NC(=O)c1ccc(Cn2nc(C)c(Cl)c2C)o1. The summed E-state index contributed by atoms with van der Waals surface area (Å²) < 4.78 is 12.0. The fraction of sp³-hybridized carbons (Fsp3) is 0.353. The lowest BCUT2D eigenvalue weighted by atomic mass is 10.3. The average molecular weight is 366 g/mol. The molecule has 0 aromatic carbocycles. The van der Waals surface area contributed by atoms with Crippen LogP contribution in [0.2, 0.25) is 5.02 Å². The number of hydrogen-bond acceptors (Lipinski definition) is 5. The third kappa shape index (κ3) is 4.73. The number of esters is 1. The molecular formula is C17H20ClN3O4. The number of hydrogen-bond donors (Lipinski definition) is 1. The Hall–Kier alpha value is -2.54. The third-order valence-corrected chi connectivity index (χ3v) is 3.96. The van der Waals surface area contributed by atoms with Gasteiger partial charge in [-0.1, -0.05) is 11.6 Å². The van der Waals surface area contributed by atoms with Gasteiger partial charge < -0.3 is 14.5 Å². The number of halogens is 1. The number of allylic oxidation sites excluding steroid dienone is 1. The first-order valence-electron chi connectivity index (χ1n) is 7.76. The van der Waals surface area contributed by atoms with E-state index in [4.69, 9.17) is 20.8 Å². The minimum absolute atomic E-state index is 0.138. The van der Waals surface area contributed by atoms with Crippen LogP contribution < -0.4 is 5.32 Å². The predicted molar refractivity (Wildman–Crippen MR) is 92.4 cm³/mol. The van der Waals surface area contributed by atoms with Gasteiger partial charge in [-0.25, -0.2) is 4.79 Å². The number of carbonyl (C=O) groups is 2. The third-order valence-electron chi connectivity index (χ3n) is 3.42. The van der Waals surface area contributed by atoms with Crippen LogP contribution in [0.4, 0.5) is 0 Å². The second kappa shape index (κ2) is 8.02. The smallest absolute Gasteiger partial charge is 0.332 e. The minimum Gasteiger partial charge on any atom is -0.463 e. The van der Waals surface area contributed by atoms with E-state index in [9.17, 15) is 9.59 Å². The lowest BCUT2D eigenvalue weighted by Gasteiger charge is -2.04. The van der Waals surface area contributed by atoms with Crippen LogP contribution in [-0.4, -0.2) is 28.3 Å². The van der Waals surface area contributed by atoms with E-state index in [2.05, 4.69) is 10.4 Å². The summed E-state index contributed by atoms with van der Waals surface area (Å²) in [6.07, 6.45) is 1.21. The molecule has 0 unspecified atom stereocenters. The highest BCUT2D eigenvalue weighted by molar-refractivity contribution is 6.31. The van der Waals surface area contributed by atoms with Crippen LogP contribution in [-0.2, 0) is 16.1 Å². The second-order valence-corrected chi connectivity index (χ2v) is 5.82. The molecule has 0 aliphatic rings. The molecule has 2 aromatic rings. The van der Waals surface area contributed by atoms with Crippen molar-refractivity contribution in [2.75, 3.05) is 6.61 Å². The number of rotatable bonds is 6. The highest BCUT2D eigenvalue weighted by Gasteiger charge is 2.14. The van der Waals surface area contributed by atoms with Crippen LogP contribution in [0.5, 0.6) is 0 Å². The van der Waals surface area contributed by atoms with Crippen molar-refractivity contribution in [1.82, 2.24) is 15.1 Å². The number of carbonyl (C=O) groups excluding carboxylic acids is 2. The second-order valence-electron chi connectivity index (χ2n) is 5.44. The number of amides is 1. The van der Waals surface area contributed by atoms with Gasteiger partial charge in [0.05, 0.1) is 29.6 Å². The molecule has 25 heavy (non-hydrogen) atoms. The van der Waals surface area contributed by atoms with Gasteiger partial charge in [0.25, 0.3) is 5.91 Å². The van der Waals surface area contributed by atoms with Crippen molar-refractivity contribution in [3.05, 3.63) is 51.8 Å². The molecule has 2 heterocycles. The van der Waals surface area contributed by atoms with Gasteiger partial charge in [-0.15, -0.1) is 0 Å². The maximum Gasteiger partial charge on any atom is 0.332 e. The first-order chi connectivity index (χ1) is 11.8. The van der Waals surface area contributed by atoms with Crippen LogP contribution in [0, 0.1) is 13.8 Å². The molecule has 1 amide bonds. The molecule has 2 aromatic heterocycles. The van der Waals surface area contributed by atoms with Gasteiger partial charge in [0.2, 0.25) is 0 Å². The van der Waals surface area contributed by atoms with Crippen LogP contribution >= 0.6 is 11.6 Å². The lowest BCUT2D eigenvalue weighted by molar-refractivity contribution is -0.137. The van der Waals surface area contributed by atoms with Crippen molar-refractivity contribution in [3.8, 4) is 0 Å². The van der Waals surface area contributed by atoms with Crippen molar-refractivity contribution in [2.45, 2.75) is 34.2 Å². The molecule has 2 rings (SSSR count). The summed E-state index contributed by atoms with van der Waals surface area (Å²) in [4.78, 5) is 23.5. The van der Waals surface area contributed by atoms with Crippen LogP contribution in [0.25, 0.3) is 0 Å². The van der Waals surface area contributed by atoms with E-state index in [1.807, 2.05) is 13.8 Å². The molecule has 0 saturated carbocycles. The highest BCUT2D eigenvalue weighted by atomic mass is 35.5. The molecule has 8 heteroatoms. The van der Waals surface area contributed by atoms with Gasteiger partial charge in [0.1, 0.15) is 5.76 Å². The first kappa shape index (κ1) is 18.8. The molecule has 0 aliphatic heterocycles. The van der Waals surface area contributed by atoms with Gasteiger partial charge in [0.15, 0.2) is 5.76 Å². The van der Waals surface area contributed by atoms with E-state index >= 15 is 0 Å². The zero-order chi connectivity index (χ0) is 18.6. The summed E-state index contributed by atoms with van der Waals surface area (Å²) >= 11 is 6.12. The minimum atomic E-state index is -0.512. The molecule has 0 radical (unpaired) electrons. The molecule has 0 saturated heterocycles. The zero-order valence-corrected chi connectivity index (χ0v) is 15.3. The van der Waals surface area contributed by atoms with Crippen molar-refractivity contribution >= 4 is 23.5 Å². The number of aromatic nitrogens is 2. The molecule has 134 valence electrons. The molecule has 0 spiro atoms. The molecule has 0 fully saturated rings. The topological polar surface area (TPSA) is 86.4 Å². The van der Waals surface area contributed by atoms with Crippen LogP contribution in [0.15, 0.2) is 28.3 Å². The largest absolute Gasteiger partial charge is 0.463 e. The van der Waals surface area contributed by atoms with Crippen molar-refractivity contribution in [2.24, 2.45) is 0 Å². The van der Waals surface area contributed by atoms with Crippen molar-refractivity contribution in [3.63, 3.8) is 0 Å². The van der Waals surface area contributed by atoms with Crippen LogP contribution in [0.1, 0.15) is 41.6 Å². The maximum absolute atomic E-state index is 12.1. The molecule has 0 aliphatic carbocycles. The Labute approximate surface area is 150 Å². The number of aryl methyl sites for hydroxylation is 1. The summed E-state index contributed by atoms with van der Waals surface area (Å²) in [7, 11) is 0. The molecule has 0 bridgehead atoms. The van der Waals surface area contributed by atoms with E-state index in [0.29, 0.717) is 23.0 Å². The summed E-state index contributed by atoms with van der Waals surface area (Å²) in [5, 5.41) is 7.51. The summed E-state index contributed by atoms with van der Waals surface area (Å²) in [5.41, 5.74) is 1.94. The van der Waals surface area contributed by atoms with E-state index in [-0.39, 0.29) is 12.4 Å². The number of nitrogens with zero attached hydrogens (tertiary/aromatic N) is 2. The summed E-state index contributed by atoms with van der Waals surface area (Å²) in [6, 6.07) is 3.26. The summed E-state index contributed by atoms with van der Waals surface area (Å²) in [5.74, 6) is -0.254. The quantitative estimate of drug-likeness (QED) is 0.628. The fourth-order valence-electron chi connectivity index (χ4n) is 2.20. The molecule has 1 N–H and O–H groups in total. The highest BCUT2D eigenvalue weighted by Crippen LogP contribution is 2.20. The monoisotopic (exact) mass is 365 g/mol. The van der Waals surface area contributed by atoms with Crippen molar-refractivity contribution in [1.29, 1.82) is 0 Å². The van der Waals surface area contributed by atoms with Gasteiger partial charge >= 0.3 is 5.97 Å². The normalized spacial score (nSPS) is 11.5. The van der Waals surface area contributed by atoms with E-state index in [1.165, 1.54) is 6.08 Å². The van der Waals surface area contributed by atoms with Gasteiger partial charge in [0, 0.05) is 11.8 Å². The first-order valence-corrected chi connectivity index (χ1v) is 8.14.